The van der Waals surface area contributed by atoms with Crippen molar-refractivity contribution in [2.75, 3.05) is 0 Å². The van der Waals surface area contributed by atoms with Crippen LogP contribution in [-0.2, 0) is 21.1 Å². The molecule has 0 N–H and O–H groups in total. The Morgan fingerprint density at radius 3 is 2.43 bits per heavy atom. The second-order valence-electron chi connectivity index (χ2n) is 9.86. The summed E-state index contributed by atoms with van der Waals surface area (Å²) >= 11 is 0. The van der Waals surface area contributed by atoms with Gasteiger partial charge in [0.25, 0.3) is 0 Å². The van der Waals surface area contributed by atoms with Crippen molar-refractivity contribution in [2.45, 2.75) is 13.8 Å². The standard InChI is InChI=1S/C35H23N5O.Pt/c1-23-8-6-9-24(2)35(23)25-14-16-37-34(18-25)40-32-11-5-4-10-30(32)31-13-12-28(22-33(31)40)41-29-20-26(36-3)19-27(21-29)39-17-7-15-38-39;/h4-20H,1-2H3;/q-2;+2. The van der Waals surface area contributed by atoms with Gasteiger partial charge in [0, 0.05) is 35.6 Å². The van der Waals surface area contributed by atoms with Crippen molar-refractivity contribution in [3.8, 4) is 34.1 Å². The molecule has 0 saturated heterocycles. The number of hydrogen-bond acceptors (Lipinski definition) is 3. The van der Waals surface area contributed by atoms with E-state index in [0.717, 1.165) is 33.2 Å². The van der Waals surface area contributed by atoms with Gasteiger partial charge < -0.3 is 9.30 Å². The summed E-state index contributed by atoms with van der Waals surface area (Å²) in [5, 5.41) is 6.42. The SMILES string of the molecule is [C-]#[N+]c1cc(Oc2[c-]c3c(cc2)c2ccccc2n3-c2cc(-c3c(C)cccc3C)ccn2)[c-]c(-n2cccn2)c1.[Pt+2]. The quantitative estimate of drug-likeness (QED) is 0.167. The number of rotatable bonds is 5. The van der Waals surface area contributed by atoms with E-state index in [0.29, 0.717) is 22.9 Å². The Morgan fingerprint density at radius 2 is 1.64 bits per heavy atom. The Hall–Kier alpha value is -4.98. The molecular formula is C35H23N5OPt. The molecule has 0 atom stereocenters. The number of aromatic nitrogens is 4. The first-order valence-corrected chi connectivity index (χ1v) is 13.2. The molecular weight excluding hydrogens is 701 g/mol. The Morgan fingerprint density at radius 1 is 0.810 bits per heavy atom. The number of ether oxygens (including phenoxy) is 1. The molecule has 0 saturated carbocycles. The predicted octanol–water partition coefficient (Wildman–Crippen LogP) is 8.59. The van der Waals surface area contributed by atoms with E-state index in [-0.39, 0.29) is 21.1 Å². The number of pyridine rings is 1. The summed E-state index contributed by atoms with van der Waals surface area (Å²) < 4.78 is 10.0. The topological polar surface area (TPSA) is 49.2 Å². The van der Waals surface area contributed by atoms with Crippen LogP contribution in [0.4, 0.5) is 5.69 Å². The van der Waals surface area contributed by atoms with Crippen LogP contribution in [0.15, 0.2) is 104 Å². The number of para-hydroxylation sites is 1. The summed E-state index contributed by atoms with van der Waals surface area (Å²) in [6, 6.07) is 34.7. The molecule has 4 aromatic carbocycles. The maximum Gasteiger partial charge on any atom is 2.00 e. The van der Waals surface area contributed by atoms with Crippen LogP contribution in [0.2, 0.25) is 0 Å². The fourth-order valence-corrected chi connectivity index (χ4v) is 5.42. The maximum atomic E-state index is 7.55. The first-order chi connectivity index (χ1) is 20.1. The van der Waals surface area contributed by atoms with Crippen molar-refractivity contribution in [3.05, 3.63) is 138 Å². The molecule has 0 amide bonds. The van der Waals surface area contributed by atoms with Gasteiger partial charge in [0.15, 0.2) is 0 Å². The van der Waals surface area contributed by atoms with E-state index in [1.807, 2.05) is 36.5 Å². The van der Waals surface area contributed by atoms with E-state index in [1.54, 1.807) is 29.2 Å². The molecule has 7 heteroatoms. The second kappa shape index (κ2) is 11.1. The molecule has 0 aliphatic carbocycles. The van der Waals surface area contributed by atoms with Crippen molar-refractivity contribution in [2.24, 2.45) is 0 Å². The van der Waals surface area contributed by atoms with Crippen molar-refractivity contribution in [1.29, 1.82) is 0 Å². The van der Waals surface area contributed by atoms with Crippen LogP contribution in [0.25, 0.3) is 49.3 Å². The first kappa shape index (κ1) is 27.2. The van der Waals surface area contributed by atoms with Crippen LogP contribution in [-0.4, -0.2) is 19.3 Å². The van der Waals surface area contributed by atoms with Gasteiger partial charge in [-0.15, -0.1) is 35.7 Å². The minimum atomic E-state index is 0. The minimum Gasteiger partial charge on any atom is -0.510 e. The Kier molecular flexibility index (Phi) is 7.20. The number of nitrogens with zero attached hydrogens (tertiary/aromatic N) is 5. The largest absolute Gasteiger partial charge is 2.00 e. The normalized spacial score (nSPS) is 10.9. The number of aryl methyl sites for hydroxylation is 2. The van der Waals surface area contributed by atoms with Gasteiger partial charge in [0.2, 0.25) is 0 Å². The Balaban J connectivity index is 0.00000316. The summed E-state index contributed by atoms with van der Waals surface area (Å²) in [6.07, 6.45) is 5.35. The molecule has 0 aliphatic rings. The third-order valence-corrected chi connectivity index (χ3v) is 7.22. The molecule has 0 aliphatic heterocycles. The maximum absolute atomic E-state index is 7.55. The summed E-state index contributed by atoms with van der Waals surface area (Å²) in [5.74, 6) is 1.72. The smallest absolute Gasteiger partial charge is 0.510 e. The first-order valence-electron chi connectivity index (χ1n) is 13.2. The van der Waals surface area contributed by atoms with Crippen LogP contribution in [0, 0.1) is 32.6 Å². The van der Waals surface area contributed by atoms with Crippen molar-refractivity contribution in [3.63, 3.8) is 0 Å². The van der Waals surface area contributed by atoms with Gasteiger partial charge in [-0.05, 0) is 65.8 Å². The zero-order valence-electron chi connectivity index (χ0n) is 22.8. The molecule has 0 bridgehead atoms. The van der Waals surface area contributed by atoms with Crippen LogP contribution < -0.4 is 4.74 Å². The van der Waals surface area contributed by atoms with Gasteiger partial charge in [-0.1, -0.05) is 47.6 Å². The zero-order chi connectivity index (χ0) is 27.9. The third kappa shape index (κ3) is 4.79. The molecule has 7 rings (SSSR count). The molecule has 0 radical (unpaired) electrons. The molecule has 204 valence electrons. The van der Waals surface area contributed by atoms with Gasteiger partial charge >= 0.3 is 21.1 Å². The fraction of sp³-hybridized carbons (Fsp3) is 0.0571. The van der Waals surface area contributed by atoms with E-state index >= 15 is 0 Å². The minimum absolute atomic E-state index is 0. The van der Waals surface area contributed by atoms with Gasteiger partial charge in [0.05, 0.1) is 12.3 Å². The molecule has 6 nitrogen and oxygen atoms in total. The van der Waals surface area contributed by atoms with Gasteiger partial charge in [-0.3, -0.25) is 9.53 Å². The number of hydrogen-bond donors (Lipinski definition) is 0. The molecule has 3 aromatic heterocycles. The van der Waals surface area contributed by atoms with Crippen LogP contribution >= 0.6 is 0 Å². The molecule has 0 spiro atoms. The summed E-state index contributed by atoms with van der Waals surface area (Å²) in [4.78, 5) is 8.40. The Bertz CT molecular complexity index is 2100. The van der Waals surface area contributed by atoms with E-state index in [9.17, 15) is 0 Å². The third-order valence-electron chi connectivity index (χ3n) is 7.22. The summed E-state index contributed by atoms with van der Waals surface area (Å²) in [7, 11) is 0. The van der Waals surface area contributed by atoms with Gasteiger partial charge in [-0.25, -0.2) is 4.98 Å². The average molecular weight is 725 g/mol. The van der Waals surface area contributed by atoms with Crippen molar-refractivity contribution < 1.29 is 25.8 Å². The van der Waals surface area contributed by atoms with Crippen molar-refractivity contribution >= 4 is 27.5 Å². The summed E-state index contributed by atoms with van der Waals surface area (Å²) in [5.41, 5.74) is 7.72. The van der Waals surface area contributed by atoms with Gasteiger partial charge in [-0.2, -0.15) is 11.2 Å². The summed E-state index contributed by atoms with van der Waals surface area (Å²) in [6.45, 7) is 11.8. The second-order valence-corrected chi connectivity index (χ2v) is 9.86. The molecule has 3 heterocycles. The van der Waals surface area contributed by atoms with E-state index < -0.39 is 0 Å². The van der Waals surface area contributed by atoms with Crippen LogP contribution in [0.5, 0.6) is 11.5 Å². The molecule has 0 unspecified atom stereocenters. The average Bonchev–Trinajstić information content (AvgIpc) is 3.64. The van der Waals surface area contributed by atoms with Crippen molar-refractivity contribution in [1.82, 2.24) is 19.3 Å². The Labute approximate surface area is 257 Å². The number of benzene rings is 4. The number of fused-ring (bicyclic) bond motifs is 3. The van der Waals surface area contributed by atoms with Gasteiger partial charge in [0.1, 0.15) is 5.82 Å². The predicted molar refractivity (Wildman–Crippen MR) is 161 cm³/mol. The molecule has 0 fully saturated rings. The molecule has 42 heavy (non-hydrogen) atoms. The van der Waals surface area contributed by atoms with E-state index in [1.165, 1.54) is 16.7 Å². The fourth-order valence-electron chi connectivity index (χ4n) is 5.42. The zero-order valence-corrected chi connectivity index (χ0v) is 25.0. The molecule has 7 aromatic rings. The van der Waals surface area contributed by atoms with E-state index in [4.69, 9.17) is 16.3 Å². The van der Waals surface area contributed by atoms with E-state index in [2.05, 4.69) is 83.0 Å². The van der Waals surface area contributed by atoms with Crippen LogP contribution in [0.3, 0.4) is 0 Å². The van der Waals surface area contributed by atoms with Crippen LogP contribution in [0.1, 0.15) is 11.1 Å². The monoisotopic (exact) mass is 724 g/mol.